The van der Waals surface area contributed by atoms with Crippen molar-refractivity contribution in [3.05, 3.63) is 65.7 Å². The summed E-state index contributed by atoms with van der Waals surface area (Å²) in [6, 6.07) is 18.5. The van der Waals surface area contributed by atoms with Crippen LogP contribution in [0, 0.1) is 0 Å². The van der Waals surface area contributed by atoms with Gasteiger partial charge in [-0.3, -0.25) is 0 Å². The molecule has 0 fully saturated rings. The molecule has 0 saturated heterocycles. The molecule has 0 aliphatic carbocycles. The van der Waals surface area contributed by atoms with E-state index in [0.29, 0.717) is 6.61 Å². The fraction of sp³-hybridized carbons (Fsp3) is 0.143. The summed E-state index contributed by atoms with van der Waals surface area (Å²) in [5, 5.41) is 0. The van der Waals surface area contributed by atoms with Crippen LogP contribution < -0.4 is 4.74 Å². The van der Waals surface area contributed by atoms with Crippen molar-refractivity contribution in [1.82, 2.24) is 0 Å². The summed E-state index contributed by atoms with van der Waals surface area (Å²) in [6.45, 7) is 0.629. The first kappa shape index (κ1) is 11.5. The Hall–Kier alpha value is -1.03. The van der Waals surface area contributed by atoms with Crippen molar-refractivity contribution in [2.45, 2.75) is 11.0 Å². The van der Waals surface area contributed by atoms with Crippen molar-refractivity contribution >= 4 is 22.6 Å². The molecule has 2 rings (SSSR count). The molecular weight excluding hydrogens is 311 g/mol. The van der Waals surface area contributed by atoms with Crippen molar-refractivity contribution in [3.8, 4) is 5.75 Å². The molecule has 0 atom stereocenters. The molecule has 0 aliphatic rings. The Kier molecular flexibility index (Phi) is 4.22. The minimum absolute atomic E-state index is 0.629. The highest BCUT2D eigenvalue weighted by atomic mass is 127. The van der Waals surface area contributed by atoms with Gasteiger partial charge in [-0.25, -0.2) is 0 Å². The first-order valence-electron chi connectivity index (χ1n) is 5.20. The highest BCUT2D eigenvalue weighted by Crippen LogP contribution is 2.15. The number of hydrogen-bond donors (Lipinski definition) is 0. The standard InChI is InChI=1S/C14H13IO/c15-10-12-6-8-14(9-7-12)16-11-13-4-2-1-3-5-13/h1-9H,10-11H2. The smallest absolute Gasteiger partial charge is 0.119 e. The van der Waals surface area contributed by atoms with Crippen LogP contribution in [-0.2, 0) is 11.0 Å². The molecule has 0 saturated carbocycles. The Labute approximate surface area is 110 Å². The third-order valence-electron chi connectivity index (χ3n) is 2.33. The summed E-state index contributed by atoms with van der Waals surface area (Å²) >= 11 is 2.35. The number of rotatable bonds is 4. The second-order valence-corrected chi connectivity index (χ2v) is 4.31. The zero-order chi connectivity index (χ0) is 11.2. The van der Waals surface area contributed by atoms with E-state index in [4.69, 9.17) is 4.74 Å². The fourth-order valence-electron chi connectivity index (χ4n) is 1.42. The maximum atomic E-state index is 5.69. The van der Waals surface area contributed by atoms with E-state index < -0.39 is 0 Å². The van der Waals surface area contributed by atoms with Gasteiger partial charge in [-0.15, -0.1) is 0 Å². The van der Waals surface area contributed by atoms with E-state index in [9.17, 15) is 0 Å². The Morgan fingerprint density at radius 2 is 1.50 bits per heavy atom. The minimum Gasteiger partial charge on any atom is -0.489 e. The highest BCUT2D eigenvalue weighted by Gasteiger charge is 1.95. The maximum Gasteiger partial charge on any atom is 0.119 e. The van der Waals surface area contributed by atoms with Crippen LogP contribution in [0.25, 0.3) is 0 Å². The predicted octanol–water partition coefficient (Wildman–Crippen LogP) is 4.20. The van der Waals surface area contributed by atoms with E-state index in [1.165, 1.54) is 11.1 Å². The van der Waals surface area contributed by atoms with Gasteiger partial charge in [-0.2, -0.15) is 0 Å². The summed E-state index contributed by atoms with van der Waals surface area (Å²) in [5.41, 5.74) is 2.52. The summed E-state index contributed by atoms with van der Waals surface area (Å²) in [4.78, 5) is 0. The molecule has 0 spiro atoms. The molecule has 0 amide bonds. The van der Waals surface area contributed by atoms with Crippen molar-refractivity contribution in [1.29, 1.82) is 0 Å². The molecule has 0 bridgehead atoms. The Bertz CT molecular complexity index is 422. The predicted molar refractivity (Wildman–Crippen MR) is 74.9 cm³/mol. The summed E-state index contributed by atoms with van der Waals surface area (Å²) < 4.78 is 6.73. The van der Waals surface area contributed by atoms with E-state index >= 15 is 0 Å². The molecule has 0 radical (unpaired) electrons. The van der Waals surface area contributed by atoms with Crippen LogP contribution in [0.15, 0.2) is 54.6 Å². The lowest BCUT2D eigenvalue weighted by Gasteiger charge is -2.06. The van der Waals surface area contributed by atoms with Crippen molar-refractivity contribution < 1.29 is 4.74 Å². The largest absolute Gasteiger partial charge is 0.489 e. The number of alkyl halides is 1. The molecule has 0 N–H and O–H groups in total. The lowest BCUT2D eigenvalue weighted by molar-refractivity contribution is 0.306. The van der Waals surface area contributed by atoms with Gasteiger partial charge in [0.15, 0.2) is 0 Å². The van der Waals surface area contributed by atoms with Crippen molar-refractivity contribution in [2.75, 3.05) is 0 Å². The number of hydrogen-bond acceptors (Lipinski definition) is 1. The lowest BCUT2D eigenvalue weighted by atomic mass is 10.2. The van der Waals surface area contributed by atoms with Crippen LogP contribution >= 0.6 is 22.6 Å². The van der Waals surface area contributed by atoms with E-state index in [-0.39, 0.29) is 0 Å². The van der Waals surface area contributed by atoms with Gasteiger partial charge in [-0.05, 0) is 23.3 Å². The molecule has 2 heteroatoms. The summed E-state index contributed by atoms with van der Waals surface area (Å²) in [5.74, 6) is 0.928. The molecular formula is C14H13IO. The zero-order valence-electron chi connectivity index (χ0n) is 8.90. The van der Waals surface area contributed by atoms with Gasteiger partial charge in [0.25, 0.3) is 0 Å². The lowest BCUT2D eigenvalue weighted by Crippen LogP contribution is -1.94. The van der Waals surface area contributed by atoms with Crippen LogP contribution in [0.5, 0.6) is 5.75 Å². The highest BCUT2D eigenvalue weighted by molar-refractivity contribution is 14.1. The first-order chi connectivity index (χ1) is 7.88. The normalized spacial score (nSPS) is 10.1. The number of halogens is 1. The number of benzene rings is 2. The Balaban J connectivity index is 1.94. The summed E-state index contributed by atoms with van der Waals surface area (Å²) in [7, 11) is 0. The fourth-order valence-corrected chi connectivity index (χ4v) is 1.92. The van der Waals surface area contributed by atoms with Crippen molar-refractivity contribution in [3.63, 3.8) is 0 Å². The van der Waals surface area contributed by atoms with Crippen molar-refractivity contribution in [2.24, 2.45) is 0 Å². The molecule has 1 nitrogen and oxygen atoms in total. The van der Waals surface area contributed by atoms with Gasteiger partial charge in [0.05, 0.1) is 0 Å². The first-order valence-corrected chi connectivity index (χ1v) is 6.72. The molecule has 2 aromatic carbocycles. The van der Waals surface area contributed by atoms with E-state index in [1.807, 2.05) is 30.3 Å². The Morgan fingerprint density at radius 1 is 0.812 bits per heavy atom. The molecule has 2 aromatic rings. The summed E-state index contributed by atoms with van der Waals surface area (Å²) in [6.07, 6.45) is 0. The number of ether oxygens (including phenoxy) is 1. The Morgan fingerprint density at radius 3 is 2.12 bits per heavy atom. The molecule has 0 unspecified atom stereocenters. The van der Waals surface area contributed by atoms with Crippen LogP contribution in [0.1, 0.15) is 11.1 Å². The molecule has 16 heavy (non-hydrogen) atoms. The van der Waals surface area contributed by atoms with Crippen LogP contribution in [-0.4, -0.2) is 0 Å². The molecule has 0 heterocycles. The van der Waals surface area contributed by atoms with E-state index in [0.717, 1.165) is 10.2 Å². The molecule has 0 aliphatic heterocycles. The average Bonchev–Trinajstić information content (AvgIpc) is 2.38. The third kappa shape index (κ3) is 3.23. The van der Waals surface area contributed by atoms with Gasteiger partial charge in [0.1, 0.15) is 12.4 Å². The second-order valence-electron chi connectivity index (χ2n) is 3.55. The SMILES string of the molecule is ICc1ccc(OCc2ccccc2)cc1. The van der Waals surface area contributed by atoms with Crippen LogP contribution in [0.4, 0.5) is 0 Å². The monoisotopic (exact) mass is 324 g/mol. The second kappa shape index (κ2) is 5.89. The maximum absolute atomic E-state index is 5.69. The van der Waals surface area contributed by atoms with Gasteiger partial charge >= 0.3 is 0 Å². The van der Waals surface area contributed by atoms with Gasteiger partial charge in [0, 0.05) is 4.43 Å². The third-order valence-corrected chi connectivity index (χ3v) is 3.21. The van der Waals surface area contributed by atoms with Gasteiger partial charge in [-0.1, -0.05) is 65.1 Å². The minimum atomic E-state index is 0.629. The van der Waals surface area contributed by atoms with Gasteiger partial charge in [0.2, 0.25) is 0 Å². The van der Waals surface area contributed by atoms with Crippen LogP contribution in [0.2, 0.25) is 0 Å². The van der Waals surface area contributed by atoms with E-state index in [2.05, 4.69) is 46.9 Å². The molecule has 82 valence electrons. The average molecular weight is 324 g/mol. The topological polar surface area (TPSA) is 9.23 Å². The quantitative estimate of drug-likeness (QED) is 0.605. The zero-order valence-corrected chi connectivity index (χ0v) is 11.1. The van der Waals surface area contributed by atoms with Crippen LogP contribution in [0.3, 0.4) is 0 Å². The van der Waals surface area contributed by atoms with Gasteiger partial charge < -0.3 is 4.74 Å². The molecule has 0 aromatic heterocycles. The van der Waals surface area contributed by atoms with E-state index in [1.54, 1.807) is 0 Å².